The molecule has 1 aromatic rings. The molecule has 1 unspecified atom stereocenters. The van der Waals surface area contributed by atoms with Crippen LogP contribution >= 0.6 is 11.3 Å². The number of carbonyl (C=O) groups is 1. The smallest absolute Gasteiger partial charge is 0.223 e. The molecule has 23 heavy (non-hydrogen) atoms. The third kappa shape index (κ3) is 2.81. The quantitative estimate of drug-likeness (QED) is 0.357. The Morgan fingerprint density at radius 1 is 1.61 bits per heavy atom. The third-order valence-electron chi connectivity index (χ3n) is 4.41. The zero-order valence-corrected chi connectivity index (χ0v) is 13.4. The van der Waals surface area contributed by atoms with Gasteiger partial charge in [0.25, 0.3) is 0 Å². The summed E-state index contributed by atoms with van der Waals surface area (Å²) in [5.74, 6) is -0.00905. The Kier molecular flexibility index (Phi) is 4.32. The van der Waals surface area contributed by atoms with Crippen molar-refractivity contribution >= 4 is 17.2 Å². The van der Waals surface area contributed by atoms with Crippen LogP contribution in [0.2, 0.25) is 0 Å². The van der Waals surface area contributed by atoms with E-state index in [2.05, 4.69) is 21.6 Å². The van der Waals surface area contributed by atoms with Gasteiger partial charge in [-0.1, -0.05) is 35.5 Å². The topological polar surface area (TPSA) is 82.0 Å². The minimum Gasteiger partial charge on any atom is -0.329 e. The molecular weight excluding hydrogens is 310 g/mol. The summed E-state index contributed by atoms with van der Waals surface area (Å²) in [4.78, 5) is 21.7. The fourth-order valence-electron chi connectivity index (χ4n) is 3.22. The SMILES string of the molecule is C=C[C@@]1(N2C[C@H](C(N=[N+]=[N-])c3nccs3)CC2=O)C=CC=CC1. The molecule has 1 aromatic heterocycles. The lowest BCUT2D eigenvalue weighted by Crippen LogP contribution is -2.47. The molecule has 2 aliphatic rings. The molecule has 0 N–H and O–H groups in total. The number of hydrogen-bond donors (Lipinski definition) is 0. The Hall–Kier alpha value is -2.37. The number of likely N-dealkylation sites (tertiary alicyclic amines) is 1. The van der Waals surface area contributed by atoms with Gasteiger partial charge >= 0.3 is 0 Å². The molecule has 1 saturated heterocycles. The van der Waals surface area contributed by atoms with Crippen molar-refractivity contribution in [1.29, 1.82) is 0 Å². The van der Waals surface area contributed by atoms with Crippen molar-refractivity contribution in [2.24, 2.45) is 11.0 Å². The standard InChI is InChI=1S/C16H17N5OS/c1-2-16(6-4-3-5-7-16)21-11-12(10-13(21)22)14(19-20-17)15-18-8-9-23-15/h2-6,8-9,12,14H,1,7,10-11H2/t12-,14?,16-/m1/s1. The zero-order valence-electron chi connectivity index (χ0n) is 12.6. The summed E-state index contributed by atoms with van der Waals surface area (Å²) in [7, 11) is 0. The van der Waals surface area contributed by atoms with Crippen molar-refractivity contribution in [1.82, 2.24) is 9.88 Å². The Bertz CT molecular complexity index is 704. The van der Waals surface area contributed by atoms with E-state index in [1.165, 1.54) is 11.3 Å². The molecule has 3 rings (SSSR count). The average Bonchev–Trinajstić information content (AvgIpc) is 3.23. The second-order valence-corrected chi connectivity index (χ2v) is 6.60. The van der Waals surface area contributed by atoms with Crippen molar-refractivity contribution < 1.29 is 4.79 Å². The summed E-state index contributed by atoms with van der Waals surface area (Å²) in [5, 5.41) is 6.51. The van der Waals surface area contributed by atoms with Crippen molar-refractivity contribution in [3.63, 3.8) is 0 Å². The van der Waals surface area contributed by atoms with Crippen LogP contribution in [-0.4, -0.2) is 27.9 Å². The summed E-state index contributed by atoms with van der Waals surface area (Å²) in [6.45, 7) is 4.45. The minimum atomic E-state index is -0.482. The molecular formula is C16H17N5OS. The van der Waals surface area contributed by atoms with E-state index in [1.54, 1.807) is 6.20 Å². The van der Waals surface area contributed by atoms with Crippen LogP contribution in [0.25, 0.3) is 10.4 Å². The van der Waals surface area contributed by atoms with Gasteiger partial charge in [-0.2, -0.15) is 0 Å². The van der Waals surface area contributed by atoms with Crippen molar-refractivity contribution in [3.05, 3.63) is 64.0 Å². The molecule has 1 fully saturated rings. The van der Waals surface area contributed by atoms with Crippen LogP contribution in [0, 0.1) is 5.92 Å². The van der Waals surface area contributed by atoms with Crippen LogP contribution in [-0.2, 0) is 4.79 Å². The first-order valence-corrected chi connectivity index (χ1v) is 8.30. The Morgan fingerprint density at radius 2 is 2.48 bits per heavy atom. The Morgan fingerprint density at radius 3 is 3.09 bits per heavy atom. The molecule has 1 aliphatic heterocycles. The van der Waals surface area contributed by atoms with E-state index in [1.807, 2.05) is 40.7 Å². The van der Waals surface area contributed by atoms with Gasteiger partial charge in [0.15, 0.2) is 0 Å². The fraction of sp³-hybridized carbons (Fsp3) is 0.375. The molecule has 118 valence electrons. The molecule has 0 bridgehead atoms. The van der Waals surface area contributed by atoms with Gasteiger partial charge in [-0.15, -0.1) is 17.9 Å². The highest BCUT2D eigenvalue weighted by Crippen LogP contribution is 2.39. The van der Waals surface area contributed by atoms with E-state index in [0.717, 1.165) is 11.4 Å². The summed E-state index contributed by atoms with van der Waals surface area (Å²) in [5.41, 5.74) is 8.39. The van der Waals surface area contributed by atoms with Crippen LogP contribution in [0.1, 0.15) is 23.9 Å². The molecule has 0 radical (unpaired) electrons. The number of thiazole rings is 1. The van der Waals surface area contributed by atoms with E-state index in [4.69, 9.17) is 5.53 Å². The lowest BCUT2D eigenvalue weighted by molar-refractivity contribution is -0.130. The first kappa shape index (κ1) is 15.5. The maximum Gasteiger partial charge on any atom is 0.223 e. The maximum absolute atomic E-state index is 12.6. The first-order valence-electron chi connectivity index (χ1n) is 7.42. The predicted octanol–water partition coefficient (Wildman–Crippen LogP) is 3.78. The van der Waals surface area contributed by atoms with E-state index < -0.39 is 11.6 Å². The molecule has 6 nitrogen and oxygen atoms in total. The van der Waals surface area contributed by atoms with Crippen molar-refractivity contribution in [2.75, 3.05) is 6.54 Å². The molecule has 3 atom stereocenters. The van der Waals surface area contributed by atoms with E-state index >= 15 is 0 Å². The number of hydrogen-bond acceptors (Lipinski definition) is 4. The lowest BCUT2D eigenvalue weighted by atomic mass is 9.89. The Labute approximate surface area is 138 Å². The molecule has 0 spiro atoms. The first-order chi connectivity index (χ1) is 11.2. The highest BCUT2D eigenvalue weighted by Gasteiger charge is 2.44. The van der Waals surface area contributed by atoms with E-state index in [0.29, 0.717) is 13.0 Å². The summed E-state index contributed by atoms with van der Waals surface area (Å²) < 4.78 is 0. The number of aromatic nitrogens is 1. The van der Waals surface area contributed by atoms with Gasteiger partial charge in [0.1, 0.15) is 5.01 Å². The van der Waals surface area contributed by atoms with Crippen LogP contribution in [0.15, 0.2) is 53.7 Å². The Balaban J connectivity index is 1.86. The normalized spacial score (nSPS) is 27.7. The summed E-state index contributed by atoms with van der Waals surface area (Å²) in [6, 6.07) is -0.404. The number of carbonyl (C=O) groups excluding carboxylic acids is 1. The fourth-order valence-corrected chi connectivity index (χ4v) is 3.98. The largest absolute Gasteiger partial charge is 0.329 e. The third-order valence-corrected chi connectivity index (χ3v) is 5.26. The maximum atomic E-state index is 12.6. The monoisotopic (exact) mass is 327 g/mol. The van der Waals surface area contributed by atoms with Gasteiger partial charge in [0.05, 0.1) is 11.6 Å². The van der Waals surface area contributed by atoms with Crippen LogP contribution in [0.4, 0.5) is 0 Å². The van der Waals surface area contributed by atoms with Crippen molar-refractivity contribution in [2.45, 2.75) is 24.4 Å². The van der Waals surface area contributed by atoms with Crippen molar-refractivity contribution in [3.8, 4) is 0 Å². The molecule has 2 heterocycles. The lowest BCUT2D eigenvalue weighted by Gasteiger charge is -2.38. The highest BCUT2D eigenvalue weighted by molar-refractivity contribution is 7.09. The van der Waals surface area contributed by atoms with E-state index in [-0.39, 0.29) is 11.8 Å². The minimum absolute atomic E-state index is 0.0598. The van der Waals surface area contributed by atoms with E-state index in [9.17, 15) is 4.79 Å². The predicted molar refractivity (Wildman–Crippen MR) is 89.6 cm³/mol. The van der Waals surface area contributed by atoms with Gasteiger partial charge in [0, 0.05) is 35.4 Å². The van der Waals surface area contributed by atoms with Gasteiger partial charge < -0.3 is 4.90 Å². The average molecular weight is 327 g/mol. The summed E-state index contributed by atoms with van der Waals surface area (Å²) in [6.07, 6.45) is 12.5. The molecule has 7 heteroatoms. The van der Waals surface area contributed by atoms with Crippen LogP contribution < -0.4 is 0 Å². The second-order valence-electron chi connectivity index (χ2n) is 5.68. The molecule has 0 saturated carbocycles. The van der Waals surface area contributed by atoms with Gasteiger partial charge in [0.2, 0.25) is 5.91 Å². The summed E-state index contributed by atoms with van der Waals surface area (Å²) >= 11 is 1.45. The number of azide groups is 1. The number of nitrogens with zero attached hydrogens (tertiary/aromatic N) is 5. The highest BCUT2D eigenvalue weighted by atomic mass is 32.1. The van der Waals surface area contributed by atoms with Gasteiger partial charge in [-0.05, 0) is 12.0 Å². The number of rotatable bonds is 5. The number of amides is 1. The zero-order chi connectivity index (χ0) is 16.3. The van der Waals surface area contributed by atoms with Gasteiger partial charge in [-0.3, -0.25) is 4.79 Å². The second kappa shape index (κ2) is 6.40. The molecule has 0 aromatic carbocycles. The number of allylic oxidation sites excluding steroid dienone is 2. The van der Waals surface area contributed by atoms with Crippen LogP contribution in [0.3, 0.4) is 0 Å². The molecule has 1 aliphatic carbocycles. The van der Waals surface area contributed by atoms with Crippen LogP contribution in [0.5, 0.6) is 0 Å². The molecule has 1 amide bonds. The van der Waals surface area contributed by atoms with Gasteiger partial charge in [-0.25, -0.2) is 4.98 Å².